The highest BCUT2D eigenvalue weighted by Gasteiger charge is 2.13. The van der Waals surface area contributed by atoms with Crippen molar-refractivity contribution in [3.05, 3.63) is 48.3 Å². The van der Waals surface area contributed by atoms with Crippen molar-refractivity contribution in [3.8, 4) is 0 Å². The van der Waals surface area contributed by atoms with E-state index in [4.69, 9.17) is 0 Å². The summed E-state index contributed by atoms with van der Waals surface area (Å²) in [6.45, 7) is 3.32. The van der Waals surface area contributed by atoms with Crippen molar-refractivity contribution in [3.63, 3.8) is 0 Å². The summed E-state index contributed by atoms with van der Waals surface area (Å²) >= 11 is 0. The Kier molecular flexibility index (Phi) is 5.61. The average Bonchev–Trinajstić information content (AvgIpc) is 3.15. The van der Waals surface area contributed by atoms with E-state index in [-0.39, 0.29) is 5.91 Å². The minimum Gasteiger partial charge on any atom is -0.368 e. The van der Waals surface area contributed by atoms with E-state index in [9.17, 15) is 4.79 Å². The first-order chi connectivity index (χ1) is 11.8. The van der Waals surface area contributed by atoms with Crippen molar-refractivity contribution in [2.75, 3.05) is 36.4 Å². The maximum absolute atomic E-state index is 11.9. The van der Waals surface area contributed by atoms with Crippen LogP contribution >= 0.6 is 0 Å². The number of anilines is 2. The van der Waals surface area contributed by atoms with Gasteiger partial charge in [0.1, 0.15) is 18.0 Å². The zero-order valence-electron chi connectivity index (χ0n) is 13.7. The predicted molar refractivity (Wildman–Crippen MR) is 95.1 cm³/mol. The molecule has 24 heavy (non-hydrogen) atoms. The van der Waals surface area contributed by atoms with Gasteiger partial charge in [0.15, 0.2) is 0 Å². The molecule has 0 spiro atoms. The van der Waals surface area contributed by atoms with Crippen LogP contribution in [0.4, 0.5) is 11.6 Å². The summed E-state index contributed by atoms with van der Waals surface area (Å²) < 4.78 is 0. The lowest BCUT2D eigenvalue weighted by Crippen LogP contribution is -2.30. The zero-order chi connectivity index (χ0) is 16.6. The number of rotatable bonds is 7. The second-order valence-corrected chi connectivity index (χ2v) is 5.89. The summed E-state index contributed by atoms with van der Waals surface area (Å²) in [6, 6.07) is 11.7. The minimum absolute atomic E-state index is 0.0310. The number of nitrogens with one attached hydrogen (secondary N) is 2. The SMILES string of the molecule is O=C(Cc1ccccc1)NCCNc1cc(N2CCCC2)ncn1. The van der Waals surface area contributed by atoms with E-state index in [2.05, 4.69) is 25.5 Å². The van der Waals surface area contributed by atoms with Crippen molar-refractivity contribution in [1.82, 2.24) is 15.3 Å². The van der Waals surface area contributed by atoms with Crippen LogP contribution in [0.15, 0.2) is 42.7 Å². The number of hydrogen-bond donors (Lipinski definition) is 2. The molecule has 2 aromatic rings. The summed E-state index contributed by atoms with van der Waals surface area (Å²) in [5.74, 6) is 1.80. The van der Waals surface area contributed by atoms with Crippen LogP contribution in [0.25, 0.3) is 0 Å². The molecule has 0 bridgehead atoms. The normalized spacial score (nSPS) is 13.8. The number of nitrogens with zero attached hydrogens (tertiary/aromatic N) is 3. The van der Waals surface area contributed by atoms with Crippen LogP contribution in [0.5, 0.6) is 0 Å². The Morgan fingerprint density at radius 3 is 2.67 bits per heavy atom. The van der Waals surface area contributed by atoms with Crippen LogP contribution in [-0.4, -0.2) is 42.1 Å². The van der Waals surface area contributed by atoms with Gasteiger partial charge in [-0.2, -0.15) is 0 Å². The molecule has 1 aromatic carbocycles. The molecular formula is C18H23N5O. The number of amides is 1. The second kappa shape index (κ2) is 8.29. The summed E-state index contributed by atoms with van der Waals surface area (Å²) in [5, 5.41) is 6.15. The Morgan fingerprint density at radius 2 is 1.88 bits per heavy atom. The van der Waals surface area contributed by atoms with E-state index in [0.717, 1.165) is 30.3 Å². The largest absolute Gasteiger partial charge is 0.368 e. The van der Waals surface area contributed by atoms with E-state index in [0.29, 0.717) is 19.5 Å². The maximum Gasteiger partial charge on any atom is 0.224 e. The molecule has 0 radical (unpaired) electrons. The summed E-state index contributed by atoms with van der Waals surface area (Å²) in [5.41, 5.74) is 1.02. The molecule has 3 rings (SSSR count). The minimum atomic E-state index is 0.0310. The van der Waals surface area contributed by atoms with Gasteiger partial charge in [0.2, 0.25) is 5.91 Å². The van der Waals surface area contributed by atoms with Crippen molar-refractivity contribution < 1.29 is 4.79 Å². The van der Waals surface area contributed by atoms with Crippen LogP contribution < -0.4 is 15.5 Å². The Labute approximate surface area is 142 Å². The Morgan fingerprint density at radius 1 is 1.08 bits per heavy atom. The number of hydrogen-bond acceptors (Lipinski definition) is 5. The van der Waals surface area contributed by atoms with Crippen molar-refractivity contribution in [2.24, 2.45) is 0 Å². The third-order valence-electron chi connectivity index (χ3n) is 4.04. The van der Waals surface area contributed by atoms with E-state index in [1.54, 1.807) is 6.33 Å². The highest BCUT2D eigenvalue weighted by Crippen LogP contribution is 2.18. The predicted octanol–water partition coefficient (Wildman–Crippen LogP) is 1.85. The molecule has 2 N–H and O–H groups in total. The van der Waals surface area contributed by atoms with Gasteiger partial charge in [-0.25, -0.2) is 9.97 Å². The first-order valence-electron chi connectivity index (χ1n) is 8.43. The quantitative estimate of drug-likeness (QED) is 0.760. The molecule has 1 aliphatic rings. The average molecular weight is 325 g/mol. The Hall–Kier alpha value is -2.63. The molecular weight excluding hydrogens is 302 g/mol. The monoisotopic (exact) mass is 325 g/mol. The summed E-state index contributed by atoms with van der Waals surface area (Å²) in [6.07, 6.45) is 4.44. The standard InChI is InChI=1S/C18H23N5O/c24-18(12-15-6-2-1-3-7-15)20-9-8-19-16-13-17(22-14-21-16)23-10-4-5-11-23/h1-3,6-7,13-14H,4-5,8-12H2,(H,20,24)(H,19,21,22). The van der Waals surface area contributed by atoms with Gasteiger partial charge in [0.05, 0.1) is 6.42 Å². The third kappa shape index (κ3) is 4.68. The lowest BCUT2D eigenvalue weighted by atomic mass is 10.1. The molecule has 6 heteroatoms. The van der Waals surface area contributed by atoms with E-state index in [1.165, 1.54) is 12.8 Å². The van der Waals surface area contributed by atoms with E-state index >= 15 is 0 Å². The number of aromatic nitrogens is 2. The number of carbonyl (C=O) groups excluding carboxylic acids is 1. The zero-order valence-corrected chi connectivity index (χ0v) is 13.7. The fourth-order valence-electron chi connectivity index (χ4n) is 2.80. The number of benzene rings is 1. The van der Waals surface area contributed by atoms with E-state index in [1.807, 2.05) is 36.4 Å². The van der Waals surface area contributed by atoms with Crippen LogP contribution in [0, 0.1) is 0 Å². The summed E-state index contributed by atoms with van der Waals surface area (Å²) in [4.78, 5) is 22.7. The van der Waals surface area contributed by atoms with Gasteiger partial charge in [-0.15, -0.1) is 0 Å². The fraction of sp³-hybridized carbons (Fsp3) is 0.389. The van der Waals surface area contributed by atoms with Crippen molar-refractivity contribution in [2.45, 2.75) is 19.3 Å². The molecule has 0 aliphatic carbocycles. The first kappa shape index (κ1) is 16.2. The lowest BCUT2D eigenvalue weighted by Gasteiger charge is -2.16. The third-order valence-corrected chi connectivity index (χ3v) is 4.04. The van der Waals surface area contributed by atoms with Crippen molar-refractivity contribution >= 4 is 17.5 Å². The van der Waals surface area contributed by atoms with Gasteiger partial charge < -0.3 is 15.5 Å². The highest BCUT2D eigenvalue weighted by molar-refractivity contribution is 5.78. The molecule has 0 saturated carbocycles. The van der Waals surface area contributed by atoms with Crippen LogP contribution in [0.2, 0.25) is 0 Å². The Bertz CT molecular complexity index is 655. The summed E-state index contributed by atoms with van der Waals surface area (Å²) in [7, 11) is 0. The second-order valence-electron chi connectivity index (χ2n) is 5.89. The molecule has 1 aromatic heterocycles. The maximum atomic E-state index is 11.9. The van der Waals surface area contributed by atoms with Crippen LogP contribution in [-0.2, 0) is 11.2 Å². The molecule has 2 heterocycles. The molecule has 1 fully saturated rings. The molecule has 6 nitrogen and oxygen atoms in total. The fourth-order valence-corrected chi connectivity index (χ4v) is 2.80. The Balaban J connectivity index is 1.40. The van der Waals surface area contributed by atoms with Gasteiger partial charge >= 0.3 is 0 Å². The molecule has 126 valence electrons. The van der Waals surface area contributed by atoms with Crippen LogP contribution in [0.1, 0.15) is 18.4 Å². The van der Waals surface area contributed by atoms with Gasteiger partial charge in [-0.05, 0) is 18.4 Å². The van der Waals surface area contributed by atoms with Crippen LogP contribution in [0.3, 0.4) is 0 Å². The molecule has 1 saturated heterocycles. The van der Waals surface area contributed by atoms with Crippen molar-refractivity contribution in [1.29, 1.82) is 0 Å². The van der Waals surface area contributed by atoms with Gasteiger partial charge in [-0.1, -0.05) is 30.3 Å². The molecule has 0 unspecified atom stereocenters. The number of carbonyl (C=O) groups is 1. The molecule has 1 amide bonds. The molecule has 0 atom stereocenters. The van der Waals surface area contributed by atoms with Gasteiger partial charge in [0, 0.05) is 32.2 Å². The van der Waals surface area contributed by atoms with E-state index < -0.39 is 0 Å². The molecule has 1 aliphatic heterocycles. The lowest BCUT2D eigenvalue weighted by molar-refractivity contribution is -0.120. The first-order valence-corrected chi connectivity index (χ1v) is 8.43. The highest BCUT2D eigenvalue weighted by atomic mass is 16.1. The van der Waals surface area contributed by atoms with Gasteiger partial charge in [0.25, 0.3) is 0 Å². The topological polar surface area (TPSA) is 70.2 Å². The smallest absolute Gasteiger partial charge is 0.224 e. The van der Waals surface area contributed by atoms with Gasteiger partial charge in [-0.3, -0.25) is 4.79 Å².